The molecule has 112 valence electrons. The van der Waals surface area contributed by atoms with Gasteiger partial charge in [-0.2, -0.15) is 0 Å². The van der Waals surface area contributed by atoms with Crippen molar-refractivity contribution in [1.29, 1.82) is 0 Å². The maximum atomic E-state index is 11.3. The second kappa shape index (κ2) is 10.8. The lowest BCUT2D eigenvalue weighted by molar-refractivity contribution is -0.138. The first-order valence-electron chi connectivity index (χ1n) is 6.80. The maximum absolute atomic E-state index is 11.3. The van der Waals surface area contributed by atoms with Crippen molar-refractivity contribution < 1.29 is 17.9 Å². The fourth-order valence-electron chi connectivity index (χ4n) is 1.70. The van der Waals surface area contributed by atoms with Crippen molar-refractivity contribution in [3.05, 3.63) is 11.8 Å². The first kappa shape index (κ1) is 18.0. The average molecular weight is 291 g/mol. The summed E-state index contributed by atoms with van der Waals surface area (Å²) in [6, 6.07) is 0. The largest absolute Gasteiger partial charge is 0.461 e. The molecule has 0 rings (SSSR count). The van der Waals surface area contributed by atoms with Crippen LogP contribution in [0.1, 0.15) is 52.4 Å². The number of carbonyl (C=O) groups is 1. The Morgan fingerprint density at radius 3 is 2.37 bits per heavy atom. The molecule has 0 radical (unpaired) electrons. The van der Waals surface area contributed by atoms with Crippen LogP contribution in [0.3, 0.4) is 0 Å². The van der Waals surface area contributed by atoms with Gasteiger partial charge in [0.15, 0.2) is 0 Å². The second-order valence-electron chi connectivity index (χ2n) is 4.40. The summed E-state index contributed by atoms with van der Waals surface area (Å²) in [5.41, 5.74) is 5.39. The highest BCUT2D eigenvalue weighted by atomic mass is 32.2. The minimum atomic E-state index is -2.62. The highest BCUT2D eigenvalue weighted by molar-refractivity contribution is 7.73. The summed E-state index contributed by atoms with van der Waals surface area (Å²) in [5, 5.41) is -0.680. The molecule has 1 unspecified atom stereocenters. The maximum Gasteiger partial charge on any atom is 0.353 e. The van der Waals surface area contributed by atoms with E-state index < -0.39 is 21.9 Å². The van der Waals surface area contributed by atoms with E-state index in [9.17, 15) is 13.2 Å². The zero-order valence-corrected chi connectivity index (χ0v) is 12.7. The van der Waals surface area contributed by atoms with Gasteiger partial charge in [-0.15, -0.1) is 0 Å². The Kier molecular flexibility index (Phi) is 10.2. The Morgan fingerprint density at radius 1 is 1.21 bits per heavy atom. The van der Waals surface area contributed by atoms with Crippen molar-refractivity contribution in [2.45, 2.75) is 57.6 Å². The molecule has 5 nitrogen and oxygen atoms in total. The van der Waals surface area contributed by atoms with Crippen LogP contribution in [0, 0.1) is 0 Å². The molecule has 0 amide bonds. The molecular weight excluding hydrogens is 266 g/mol. The Bertz CT molecular complexity index is 356. The van der Waals surface area contributed by atoms with Crippen molar-refractivity contribution in [3.8, 4) is 0 Å². The van der Waals surface area contributed by atoms with Crippen LogP contribution >= 0.6 is 0 Å². The molecular formula is C13H25NO4S. The molecule has 0 aliphatic carbocycles. The summed E-state index contributed by atoms with van der Waals surface area (Å²) in [6.45, 7) is 4.02. The third kappa shape index (κ3) is 8.64. The molecule has 6 heteroatoms. The molecule has 1 atom stereocenters. The Labute approximate surface area is 117 Å². The van der Waals surface area contributed by atoms with Gasteiger partial charge in [-0.05, 0) is 19.4 Å². The number of esters is 1. The molecule has 0 aliphatic heterocycles. The number of rotatable bonds is 10. The average Bonchev–Trinajstić information content (AvgIpc) is 2.36. The summed E-state index contributed by atoms with van der Waals surface area (Å²) in [5.74, 6) is -0.657. The molecule has 2 N–H and O–H groups in total. The molecule has 19 heavy (non-hydrogen) atoms. The molecule has 0 aliphatic rings. The highest BCUT2D eigenvalue weighted by Crippen LogP contribution is 2.11. The Hall–Kier alpha value is -1.04. The van der Waals surface area contributed by atoms with E-state index in [1.165, 1.54) is 6.08 Å². The van der Waals surface area contributed by atoms with Gasteiger partial charge in [0.2, 0.25) is 0 Å². The summed E-state index contributed by atoms with van der Waals surface area (Å²) in [6.07, 6.45) is 7.03. The molecule has 0 heterocycles. The fraction of sp³-hybridized carbons (Fsp3) is 0.769. The van der Waals surface area contributed by atoms with Gasteiger partial charge in [0, 0.05) is 0 Å². The zero-order chi connectivity index (χ0) is 14.7. The molecule has 0 aromatic carbocycles. The van der Waals surface area contributed by atoms with Gasteiger partial charge < -0.3 is 10.5 Å². The minimum absolute atomic E-state index is 0.125. The normalized spacial score (nSPS) is 13.5. The molecule has 0 spiro atoms. The summed E-state index contributed by atoms with van der Waals surface area (Å²) in [4.78, 5) is 11.3. The van der Waals surface area contributed by atoms with Crippen LogP contribution in [0.4, 0.5) is 0 Å². The molecule has 0 aromatic heterocycles. The van der Waals surface area contributed by atoms with Crippen LogP contribution in [0.5, 0.6) is 0 Å². The van der Waals surface area contributed by atoms with Gasteiger partial charge in [-0.25, -0.2) is 13.2 Å². The van der Waals surface area contributed by atoms with E-state index in [1.54, 1.807) is 6.92 Å². The molecule has 0 saturated carbocycles. The summed E-state index contributed by atoms with van der Waals surface area (Å²) >= 11 is 0. The van der Waals surface area contributed by atoms with E-state index >= 15 is 0 Å². The predicted molar refractivity (Wildman–Crippen MR) is 76.4 cm³/mol. The van der Waals surface area contributed by atoms with Gasteiger partial charge >= 0.3 is 5.97 Å². The van der Waals surface area contributed by atoms with Crippen LogP contribution < -0.4 is 5.73 Å². The van der Waals surface area contributed by atoms with Crippen molar-refractivity contribution in [1.82, 2.24) is 0 Å². The van der Waals surface area contributed by atoms with E-state index in [0.29, 0.717) is 6.42 Å². The number of ether oxygens (including phenoxy) is 1. The topological polar surface area (TPSA) is 86.5 Å². The Morgan fingerprint density at radius 2 is 1.84 bits per heavy atom. The van der Waals surface area contributed by atoms with Gasteiger partial charge in [-0.1, -0.05) is 39.0 Å². The smallest absolute Gasteiger partial charge is 0.353 e. The lowest BCUT2D eigenvalue weighted by Gasteiger charge is -2.07. The van der Waals surface area contributed by atoms with Crippen molar-refractivity contribution >= 4 is 16.7 Å². The number of hydrogen-bond donors (Lipinski definition) is 2. The molecule has 0 aromatic rings. The van der Waals surface area contributed by atoms with E-state index in [-0.39, 0.29) is 12.3 Å². The van der Waals surface area contributed by atoms with Crippen LogP contribution in [0.15, 0.2) is 11.8 Å². The molecule has 0 fully saturated rings. The number of carbonyl (C=O) groups excluding carboxylic acids is 1. The van der Waals surface area contributed by atoms with Gasteiger partial charge in [0.25, 0.3) is 0 Å². The number of hydrogen-bond acceptors (Lipinski definition) is 5. The highest BCUT2D eigenvalue weighted by Gasteiger charge is 2.13. The van der Waals surface area contributed by atoms with Crippen molar-refractivity contribution in [3.63, 3.8) is 0 Å². The summed E-state index contributed by atoms with van der Waals surface area (Å²) < 4.78 is 27.0. The van der Waals surface area contributed by atoms with Crippen LogP contribution in [-0.4, -0.2) is 26.2 Å². The second-order valence-corrected chi connectivity index (χ2v) is 5.63. The fourth-order valence-corrected chi connectivity index (χ4v) is 2.37. The van der Waals surface area contributed by atoms with Crippen molar-refractivity contribution in [2.75, 3.05) is 6.61 Å². The number of nitrogens with two attached hydrogens (primary N) is 1. The predicted octanol–water partition coefficient (Wildman–Crippen LogP) is 1.73. The van der Waals surface area contributed by atoms with E-state index in [0.717, 1.165) is 32.1 Å². The molecule has 0 saturated heterocycles. The lowest BCUT2D eigenvalue weighted by Crippen LogP contribution is -2.18. The first-order chi connectivity index (χ1) is 9.02. The van der Waals surface area contributed by atoms with E-state index in [2.05, 4.69) is 6.92 Å². The van der Waals surface area contributed by atoms with Crippen LogP contribution in [0.25, 0.3) is 0 Å². The molecule has 0 bridgehead atoms. The monoisotopic (exact) mass is 291 g/mol. The quantitative estimate of drug-likeness (QED) is 0.277. The van der Waals surface area contributed by atoms with Crippen molar-refractivity contribution in [2.24, 2.45) is 5.73 Å². The first-order valence-corrected chi connectivity index (χ1v) is 8.05. The lowest BCUT2D eigenvalue weighted by atomic mass is 10.1. The van der Waals surface area contributed by atoms with Crippen LogP contribution in [0.2, 0.25) is 0 Å². The van der Waals surface area contributed by atoms with E-state index in [4.69, 9.17) is 10.5 Å². The third-order valence-electron chi connectivity index (χ3n) is 2.76. The standard InChI is InChI=1S/C13H25NO4S/c1-3-5-6-7-8-9-11(19(16)17)10-12(14)13(15)18-4-2/h10-11,19H,3-9,14H2,1-2H3. The van der Waals surface area contributed by atoms with Crippen LogP contribution in [-0.2, 0) is 20.2 Å². The Balaban J connectivity index is 4.33. The van der Waals surface area contributed by atoms with Gasteiger partial charge in [0.05, 0.1) is 11.9 Å². The minimum Gasteiger partial charge on any atom is -0.461 e. The number of unbranched alkanes of at least 4 members (excludes halogenated alkanes) is 4. The SMILES string of the molecule is CCCCCCCC(C=C(N)C(=O)OCC)[SH](=O)=O. The third-order valence-corrected chi connectivity index (χ3v) is 3.71. The van der Waals surface area contributed by atoms with Gasteiger partial charge in [-0.3, -0.25) is 0 Å². The summed E-state index contributed by atoms with van der Waals surface area (Å²) in [7, 11) is -2.62. The number of thiol groups is 1. The van der Waals surface area contributed by atoms with Gasteiger partial charge in [0.1, 0.15) is 16.4 Å². The van der Waals surface area contributed by atoms with E-state index in [1.807, 2.05) is 0 Å². The zero-order valence-electron chi connectivity index (χ0n) is 11.8.